The van der Waals surface area contributed by atoms with E-state index in [0.717, 1.165) is 29.7 Å². The zero-order chi connectivity index (χ0) is 23.1. The molecule has 1 aliphatic heterocycles. The van der Waals surface area contributed by atoms with Crippen molar-refractivity contribution in [2.75, 3.05) is 6.54 Å². The summed E-state index contributed by atoms with van der Waals surface area (Å²) in [5.74, 6) is -0.0510. The van der Waals surface area contributed by atoms with Crippen LogP contribution in [0.15, 0.2) is 46.9 Å². The number of carboxylic acids is 1. The van der Waals surface area contributed by atoms with Gasteiger partial charge in [-0.05, 0) is 49.7 Å². The van der Waals surface area contributed by atoms with Crippen molar-refractivity contribution < 1.29 is 19.4 Å². The molecule has 1 saturated heterocycles. The summed E-state index contributed by atoms with van der Waals surface area (Å²) in [5.41, 5.74) is 1.99. The van der Waals surface area contributed by atoms with Crippen LogP contribution in [0.5, 0.6) is 0 Å². The maximum Gasteiger partial charge on any atom is 0.303 e. The van der Waals surface area contributed by atoms with Crippen LogP contribution in [0.1, 0.15) is 64.4 Å². The van der Waals surface area contributed by atoms with E-state index in [4.69, 9.17) is 22.1 Å². The summed E-state index contributed by atoms with van der Waals surface area (Å²) in [6.07, 6.45) is 8.21. The molecule has 1 N–H and O–H groups in total. The Labute approximate surface area is 199 Å². The molecule has 0 bridgehead atoms. The Kier molecular flexibility index (Phi) is 8.93. The molecule has 2 aliphatic rings. The van der Waals surface area contributed by atoms with Crippen molar-refractivity contribution in [1.82, 2.24) is 4.90 Å². The Morgan fingerprint density at radius 2 is 1.94 bits per heavy atom. The second-order valence-corrected chi connectivity index (χ2v) is 10.2. The van der Waals surface area contributed by atoms with Gasteiger partial charge >= 0.3 is 5.97 Å². The fourth-order valence-electron chi connectivity index (χ4n) is 3.96. The third-order valence-corrected chi connectivity index (χ3v) is 7.07. The van der Waals surface area contributed by atoms with E-state index in [1.165, 1.54) is 35.9 Å². The van der Waals surface area contributed by atoms with Crippen molar-refractivity contribution in [2.45, 2.75) is 64.9 Å². The molecule has 3 rings (SSSR count). The molecule has 1 heterocycles. The molecule has 0 spiro atoms. The van der Waals surface area contributed by atoms with Crippen LogP contribution < -0.4 is 0 Å². The van der Waals surface area contributed by atoms with E-state index in [9.17, 15) is 9.59 Å². The molecular weight excluding hydrogens is 442 g/mol. The Morgan fingerprint density at radius 1 is 1.25 bits per heavy atom. The zero-order valence-electron chi connectivity index (χ0n) is 18.7. The summed E-state index contributed by atoms with van der Waals surface area (Å²) in [6.45, 7) is 4.53. The normalized spacial score (nSPS) is 19.6. The predicted octanol–water partition coefficient (Wildman–Crippen LogP) is 6.01. The molecule has 0 aromatic heterocycles. The van der Waals surface area contributed by atoms with Crippen LogP contribution in [0.2, 0.25) is 0 Å². The van der Waals surface area contributed by atoms with E-state index in [1.54, 1.807) is 0 Å². The van der Waals surface area contributed by atoms with Gasteiger partial charge in [-0.2, -0.15) is 0 Å². The molecule has 0 atom stereocenters. The standard InChI is InChI=1S/C25H31NO4S2/c1-17(2)20(16-21-24(29)26(25(31)32-21)15-9-14-22(27)28)23(18-10-5-3-6-11-18)30-19-12-7-4-8-13-19/h3,5-6,10-11,16-17,19H,4,7-9,12-15H2,1-2H3,(H,27,28)/b21-16+,23-20+. The number of thiocarbonyl (C=S) groups is 1. The lowest BCUT2D eigenvalue weighted by Gasteiger charge is -2.27. The Bertz CT molecular complexity index is 902. The molecule has 1 aromatic carbocycles. The van der Waals surface area contributed by atoms with Crippen molar-refractivity contribution in [3.8, 4) is 0 Å². The van der Waals surface area contributed by atoms with Crippen LogP contribution >= 0.6 is 24.0 Å². The van der Waals surface area contributed by atoms with Gasteiger partial charge in [0.1, 0.15) is 10.1 Å². The van der Waals surface area contributed by atoms with Crippen molar-refractivity contribution in [2.24, 2.45) is 5.92 Å². The van der Waals surface area contributed by atoms with Gasteiger partial charge in [0.15, 0.2) is 0 Å². The molecule has 1 saturated carbocycles. The number of carbonyl (C=O) groups is 2. The van der Waals surface area contributed by atoms with E-state index in [-0.39, 0.29) is 24.3 Å². The maximum absolute atomic E-state index is 13.0. The van der Waals surface area contributed by atoms with E-state index in [2.05, 4.69) is 13.8 Å². The van der Waals surface area contributed by atoms with Gasteiger partial charge in [0, 0.05) is 18.5 Å². The minimum Gasteiger partial charge on any atom is -0.490 e. The van der Waals surface area contributed by atoms with Gasteiger partial charge in [-0.1, -0.05) is 74.6 Å². The van der Waals surface area contributed by atoms with Crippen LogP contribution in [0.4, 0.5) is 0 Å². The van der Waals surface area contributed by atoms with Gasteiger partial charge in [0.05, 0.1) is 11.0 Å². The van der Waals surface area contributed by atoms with Gasteiger partial charge in [0.25, 0.3) is 5.91 Å². The first-order valence-corrected chi connectivity index (χ1v) is 12.5. The molecule has 1 aromatic rings. The minimum absolute atomic E-state index is 0.0145. The molecule has 32 heavy (non-hydrogen) atoms. The van der Waals surface area contributed by atoms with Gasteiger partial charge in [0.2, 0.25) is 0 Å². The highest BCUT2D eigenvalue weighted by Gasteiger charge is 2.32. The fraction of sp³-hybridized carbons (Fsp3) is 0.480. The Balaban J connectivity index is 1.93. The van der Waals surface area contributed by atoms with Crippen LogP contribution in [0.25, 0.3) is 5.76 Å². The number of benzene rings is 1. The summed E-state index contributed by atoms with van der Waals surface area (Å²) in [6, 6.07) is 10.1. The number of carboxylic acid groups (broad SMARTS) is 1. The fourth-order valence-corrected chi connectivity index (χ4v) is 5.26. The smallest absolute Gasteiger partial charge is 0.303 e. The highest BCUT2D eigenvalue weighted by atomic mass is 32.2. The van der Waals surface area contributed by atoms with Gasteiger partial charge in [-0.3, -0.25) is 14.5 Å². The number of hydrogen-bond acceptors (Lipinski definition) is 5. The first-order chi connectivity index (χ1) is 15.4. The molecule has 0 unspecified atom stereocenters. The average molecular weight is 474 g/mol. The quantitative estimate of drug-likeness (QED) is 0.269. The van der Waals surface area contributed by atoms with Crippen LogP contribution in [-0.2, 0) is 14.3 Å². The van der Waals surface area contributed by atoms with E-state index in [1.807, 2.05) is 36.4 Å². The van der Waals surface area contributed by atoms with Crippen LogP contribution in [-0.4, -0.2) is 38.9 Å². The Morgan fingerprint density at radius 3 is 2.56 bits per heavy atom. The van der Waals surface area contributed by atoms with E-state index < -0.39 is 5.97 Å². The topological polar surface area (TPSA) is 66.8 Å². The van der Waals surface area contributed by atoms with E-state index >= 15 is 0 Å². The number of thioether (sulfide) groups is 1. The lowest BCUT2D eigenvalue weighted by molar-refractivity contribution is -0.137. The number of ether oxygens (including phenoxy) is 1. The Hall–Kier alpha value is -2.12. The SMILES string of the molecule is CC(C)C(/C=C1/SC(=S)N(CCCC(=O)O)C1=O)=C(/OC1CCCCC1)c1ccccc1. The number of aliphatic carboxylic acids is 1. The van der Waals surface area contributed by atoms with Crippen LogP contribution in [0.3, 0.4) is 0 Å². The van der Waals surface area contributed by atoms with Crippen LogP contribution in [0, 0.1) is 5.92 Å². The van der Waals surface area contributed by atoms with Gasteiger partial charge in [-0.15, -0.1) is 0 Å². The predicted molar refractivity (Wildman–Crippen MR) is 133 cm³/mol. The lowest BCUT2D eigenvalue weighted by atomic mass is 9.95. The second kappa shape index (κ2) is 11.7. The average Bonchev–Trinajstić information content (AvgIpc) is 3.04. The van der Waals surface area contributed by atoms with Crippen molar-refractivity contribution in [1.29, 1.82) is 0 Å². The number of allylic oxidation sites excluding steroid dienone is 2. The van der Waals surface area contributed by atoms with E-state index in [0.29, 0.717) is 22.2 Å². The highest BCUT2D eigenvalue weighted by Crippen LogP contribution is 2.37. The maximum atomic E-state index is 13.0. The third-order valence-electron chi connectivity index (χ3n) is 5.69. The number of amides is 1. The lowest BCUT2D eigenvalue weighted by Crippen LogP contribution is -2.29. The first-order valence-electron chi connectivity index (χ1n) is 11.3. The largest absolute Gasteiger partial charge is 0.490 e. The number of carbonyl (C=O) groups excluding carboxylic acids is 1. The zero-order valence-corrected chi connectivity index (χ0v) is 20.3. The van der Waals surface area contributed by atoms with Gasteiger partial charge < -0.3 is 9.84 Å². The molecule has 172 valence electrons. The summed E-state index contributed by atoms with van der Waals surface area (Å²) in [7, 11) is 0. The summed E-state index contributed by atoms with van der Waals surface area (Å²) in [5, 5.41) is 8.88. The van der Waals surface area contributed by atoms with Crippen molar-refractivity contribution in [3.05, 3.63) is 52.4 Å². The highest BCUT2D eigenvalue weighted by molar-refractivity contribution is 8.26. The molecule has 2 fully saturated rings. The van der Waals surface area contributed by atoms with Crippen molar-refractivity contribution >= 4 is 45.9 Å². The molecule has 5 nitrogen and oxygen atoms in total. The second-order valence-electron chi connectivity index (χ2n) is 8.51. The molecule has 1 aliphatic carbocycles. The summed E-state index contributed by atoms with van der Waals surface area (Å²) in [4.78, 5) is 25.9. The van der Waals surface area contributed by atoms with Gasteiger partial charge in [-0.25, -0.2) is 0 Å². The molecular formula is C25H31NO4S2. The summed E-state index contributed by atoms with van der Waals surface area (Å²) >= 11 is 6.69. The molecule has 0 radical (unpaired) electrons. The number of rotatable bonds is 9. The third kappa shape index (κ3) is 6.45. The first kappa shape index (κ1) is 24.5. The minimum atomic E-state index is -0.872. The molecule has 1 amide bonds. The summed E-state index contributed by atoms with van der Waals surface area (Å²) < 4.78 is 7.07. The van der Waals surface area contributed by atoms with Crippen molar-refractivity contribution in [3.63, 3.8) is 0 Å². The molecule has 7 heteroatoms. The monoisotopic (exact) mass is 473 g/mol. The number of hydrogen-bond donors (Lipinski definition) is 1. The number of nitrogens with zero attached hydrogens (tertiary/aromatic N) is 1.